The van der Waals surface area contributed by atoms with Gasteiger partial charge in [0.2, 0.25) is 11.8 Å². The normalized spacial score (nSPS) is 27.8. The Bertz CT molecular complexity index is 502. The first kappa shape index (κ1) is 24.2. The van der Waals surface area contributed by atoms with Gasteiger partial charge in [-0.25, -0.2) is 0 Å². The van der Waals surface area contributed by atoms with Crippen molar-refractivity contribution in [2.45, 2.75) is 104 Å². The summed E-state index contributed by atoms with van der Waals surface area (Å²) in [5.74, 6) is 1.02. The van der Waals surface area contributed by atoms with Crippen LogP contribution < -0.4 is 10.6 Å². The molecule has 3 atom stereocenters. The first-order chi connectivity index (χ1) is 14.0. The zero-order chi connectivity index (χ0) is 21.2. The quantitative estimate of drug-likeness (QED) is 0.536. The van der Waals surface area contributed by atoms with Gasteiger partial charge in [-0.15, -0.1) is 0 Å². The molecule has 2 N–H and O–H groups in total. The molecule has 1 aliphatic heterocycles. The van der Waals surface area contributed by atoms with E-state index < -0.39 is 6.04 Å². The lowest BCUT2D eigenvalue weighted by Gasteiger charge is -2.35. The van der Waals surface area contributed by atoms with Crippen molar-refractivity contribution in [3.05, 3.63) is 0 Å². The van der Waals surface area contributed by atoms with Crippen LogP contribution in [0, 0.1) is 17.8 Å². The predicted octanol–water partition coefficient (Wildman–Crippen LogP) is 4.11. The molecule has 0 aromatic heterocycles. The average Bonchev–Trinajstić information content (AvgIpc) is 2.74. The van der Waals surface area contributed by atoms with Gasteiger partial charge in [-0.3, -0.25) is 9.59 Å². The van der Waals surface area contributed by atoms with Crippen molar-refractivity contribution in [1.29, 1.82) is 0 Å². The van der Waals surface area contributed by atoms with Crippen LogP contribution >= 0.6 is 0 Å². The number of rotatable bonds is 10. The van der Waals surface area contributed by atoms with Crippen LogP contribution in [0.5, 0.6) is 0 Å². The van der Waals surface area contributed by atoms with E-state index >= 15 is 0 Å². The average molecular weight is 408 g/mol. The molecule has 2 amide bonds. The number of hydrogen-bond donors (Lipinski definition) is 2. The van der Waals surface area contributed by atoms with Gasteiger partial charge in [0.05, 0.1) is 0 Å². The van der Waals surface area contributed by atoms with Crippen molar-refractivity contribution in [2.75, 3.05) is 19.6 Å². The number of amides is 2. The fourth-order valence-electron chi connectivity index (χ4n) is 4.92. The Kier molecular flexibility index (Phi) is 10.5. The Morgan fingerprint density at radius 3 is 2.45 bits per heavy atom. The van der Waals surface area contributed by atoms with Gasteiger partial charge in [0, 0.05) is 25.0 Å². The van der Waals surface area contributed by atoms with Crippen LogP contribution in [0.2, 0.25) is 0 Å². The van der Waals surface area contributed by atoms with Crippen LogP contribution in [-0.4, -0.2) is 48.4 Å². The van der Waals surface area contributed by atoms with E-state index in [0.717, 1.165) is 51.0 Å². The highest BCUT2D eigenvalue weighted by Gasteiger charge is 2.30. The maximum atomic E-state index is 12.8. The van der Waals surface area contributed by atoms with Crippen molar-refractivity contribution in [1.82, 2.24) is 15.5 Å². The van der Waals surface area contributed by atoms with Crippen LogP contribution in [0.15, 0.2) is 0 Å². The van der Waals surface area contributed by atoms with Gasteiger partial charge in [-0.2, -0.15) is 0 Å². The van der Waals surface area contributed by atoms with E-state index in [1.54, 1.807) is 0 Å². The van der Waals surface area contributed by atoms with Gasteiger partial charge in [-0.1, -0.05) is 40.5 Å². The summed E-state index contributed by atoms with van der Waals surface area (Å²) in [6.45, 7) is 11.6. The second-order valence-electron chi connectivity index (χ2n) is 9.57. The molecular weight excluding hydrogens is 362 g/mol. The standard InChI is InChI=1S/C24H45N3O2/c1-5-19(4)22(26-23(28)20-13-11-18(3)12-14-20)24(29)25-15-9-17-27-16-8-7-10-21(27)6-2/h18-22H,5-17H2,1-4H3,(H,25,29)(H,26,28)/t18?,19-,20?,21+,22+/m0/s1. The first-order valence-corrected chi connectivity index (χ1v) is 12.3. The van der Waals surface area contributed by atoms with Crippen molar-refractivity contribution >= 4 is 11.8 Å². The number of carbonyl (C=O) groups excluding carboxylic acids is 2. The second-order valence-corrected chi connectivity index (χ2v) is 9.57. The highest BCUT2D eigenvalue weighted by atomic mass is 16.2. The predicted molar refractivity (Wildman–Crippen MR) is 120 cm³/mol. The zero-order valence-electron chi connectivity index (χ0n) is 19.3. The number of piperidine rings is 1. The minimum atomic E-state index is -0.412. The summed E-state index contributed by atoms with van der Waals surface area (Å²) < 4.78 is 0. The molecule has 168 valence electrons. The molecule has 1 aliphatic carbocycles. The van der Waals surface area contributed by atoms with E-state index in [2.05, 4.69) is 43.2 Å². The topological polar surface area (TPSA) is 61.4 Å². The summed E-state index contributed by atoms with van der Waals surface area (Å²) in [4.78, 5) is 28.2. The van der Waals surface area contributed by atoms with Gasteiger partial charge in [0.25, 0.3) is 0 Å². The Morgan fingerprint density at radius 2 is 1.79 bits per heavy atom. The lowest BCUT2D eigenvalue weighted by molar-refractivity contribution is -0.133. The maximum absolute atomic E-state index is 12.8. The summed E-state index contributed by atoms with van der Waals surface area (Å²) in [5, 5.41) is 6.20. The summed E-state index contributed by atoms with van der Waals surface area (Å²) in [6, 6.07) is 0.301. The van der Waals surface area contributed by atoms with Gasteiger partial charge in [0.15, 0.2) is 0 Å². The molecule has 0 aromatic rings. The molecule has 2 rings (SSSR count). The van der Waals surface area contributed by atoms with E-state index in [1.807, 2.05) is 0 Å². The lowest BCUT2D eigenvalue weighted by atomic mass is 9.82. The Morgan fingerprint density at radius 1 is 1.07 bits per heavy atom. The first-order valence-electron chi connectivity index (χ1n) is 12.3. The third kappa shape index (κ3) is 7.58. The molecule has 0 unspecified atom stereocenters. The molecule has 5 heteroatoms. The maximum Gasteiger partial charge on any atom is 0.242 e. The van der Waals surface area contributed by atoms with Crippen molar-refractivity contribution in [3.8, 4) is 0 Å². The van der Waals surface area contributed by atoms with E-state index in [9.17, 15) is 9.59 Å². The minimum Gasteiger partial charge on any atom is -0.354 e. The summed E-state index contributed by atoms with van der Waals surface area (Å²) >= 11 is 0. The zero-order valence-corrected chi connectivity index (χ0v) is 19.3. The largest absolute Gasteiger partial charge is 0.354 e. The van der Waals surface area contributed by atoms with Crippen LogP contribution in [0.1, 0.15) is 91.9 Å². The second kappa shape index (κ2) is 12.6. The SMILES string of the molecule is CC[C@@H]1CCCCN1CCCNC(=O)[C@H](NC(=O)C1CCC(C)CC1)[C@@H](C)CC. The third-order valence-corrected chi connectivity index (χ3v) is 7.32. The highest BCUT2D eigenvalue weighted by molar-refractivity contribution is 5.88. The Labute approximate surface area is 178 Å². The fraction of sp³-hybridized carbons (Fsp3) is 0.917. The van der Waals surface area contributed by atoms with Gasteiger partial charge in [0.1, 0.15) is 6.04 Å². The molecule has 0 aromatic carbocycles. The number of hydrogen-bond acceptors (Lipinski definition) is 3. The summed E-state index contributed by atoms with van der Waals surface area (Å²) in [5.41, 5.74) is 0. The Hall–Kier alpha value is -1.10. The van der Waals surface area contributed by atoms with Gasteiger partial charge >= 0.3 is 0 Å². The van der Waals surface area contributed by atoms with E-state index in [0.29, 0.717) is 12.6 Å². The summed E-state index contributed by atoms with van der Waals surface area (Å²) in [7, 11) is 0. The number of carbonyl (C=O) groups is 2. The molecule has 2 aliphatic rings. The monoisotopic (exact) mass is 407 g/mol. The smallest absolute Gasteiger partial charge is 0.242 e. The van der Waals surface area contributed by atoms with Crippen molar-refractivity contribution in [3.63, 3.8) is 0 Å². The molecular formula is C24H45N3O2. The minimum absolute atomic E-state index is 0.0115. The molecule has 5 nitrogen and oxygen atoms in total. The van der Waals surface area contributed by atoms with Crippen molar-refractivity contribution < 1.29 is 9.59 Å². The van der Waals surface area contributed by atoms with E-state index in [1.165, 1.54) is 32.2 Å². The van der Waals surface area contributed by atoms with E-state index in [4.69, 9.17) is 0 Å². The molecule has 0 radical (unpaired) electrons. The molecule has 0 spiro atoms. The summed E-state index contributed by atoms with van der Waals surface area (Å²) in [6.07, 6.45) is 11.2. The van der Waals surface area contributed by atoms with E-state index in [-0.39, 0.29) is 23.7 Å². The molecule has 1 saturated heterocycles. The molecule has 29 heavy (non-hydrogen) atoms. The fourth-order valence-corrected chi connectivity index (χ4v) is 4.92. The molecule has 2 fully saturated rings. The van der Waals surface area contributed by atoms with Crippen LogP contribution in [0.25, 0.3) is 0 Å². The van der Waals surface area contributed by atoms with Crippen LogP contribution in [-0.2, 0) is 9.59 Å². The highest BCUT2D eigenvalue weighted by Crippen LogP contribution is 2.28. The van der Waals surface area contributed by atoms with Crippen molar-refractivity contribution in [2.24, 2.45) is 17.8 Å². The molecule has 1 saturated carbocycles. The Balaban J connectivity index is 1.78. The third-order valence-electron chi connectivity index (χ3n) is 7.32. The molecule has 0 bridgehead atoms. The van der Waals surface area contributed by atoms with Crippen LogP contribution in [0.3, 0.4) is 0 Å². The lowest BCUT2D eigenvalue weighted by Crippen LogP contribution is -2.52. The number of nitrogens with one attached hydrogen (secondary N) is 2. The number of likely N-dealkylation sites (tertiary alicyclic amines) is 1. The number of nitrogens with zero attached hydrogens (tertiary/aromatic N) is 1. The molecule has 1 heterocycles. The van der Waals surface area contributed by atoms with Crippen LogP contribution in [0.4, 0.5) is 0 Å². The van der Waals surface area contributed by atoms with Gasteiger partial charge < -0.3 is 15.5 Å². The van der Waals surface area contributed by atoms with Gasteiger partial charge in [-0.05, 0) is 69.7 Å².